The number of ether oxygens (including phenoxy) is 1. The molecule has 1 unspecified atom stereocenters. The molecule has 0 saturated carbocycles. The van der Waals surface area contributed by atoms with Crippen molar-refractivity contribution in [1.29, 1.82) is 5.26 Å². The molecular weight excluding hydrogens is 230 g/mol. The topological polar surface area (TPSA) is 50.1 Å². The molecule has 1 aliphatic rings. The lowest BCUT2D eigenvalue weighted by molar-refractivity contribution is 0.250. The Morgan fingerprint density at radius 1 is 1.67 bits per heavy atom. The zero-order chi connectivity index (χ0) is 11.5. The van der Waals surface area contributed by atoms with Gasteiger partial charge in [0.15, 0.2) is 0 Å². The van der Waals surface area contributed by atoms with Crippen molar-refractivity contribution >= 4 is 26.7 Å². The Labute approximate surface area is 94.8 Å². The van der Waals surface area contributed by atoms with E-state index in [4.69, 9.17) is 10.00 Å². The van der Waals surface area contributed by atoms with Crippen molar-refractivity contribution in [2.45, 2.75) is 6.92 Å². The summed E-state index contributed by atoms with van der Waals surface area (Å²) in [7, 11) is -2.15. The third kappa shape index (κ3) is 2.80. The number of rotatable bonds is 3. The largest absolute Gasteiger partial charge is 0.492 e. The fraction of sp³-hybridized carbons (Fsp3) is 0.400. The van der Waals surface area contributed by atoms with E-state index >= 15 is 0 Å². The van der Waals surface area contributed by atoms with Crippen LogP contribution < -0.4 is 0 Å². The van der Waals surface area contributed by atoms with E-state index in [0.717, 1.165) is 4.91 Å². The molecule has 0 aromatic carbocycles. The molecule has 0 aromatic heterocycles. The molecule has 1 atom stereocenters. The average molecular weight is 243 g/mol. The number of thioether (sulfide) groups is 1. The van der Waals surface area contributed by atoms with E-state index in [1.54, 1.807) is 11.7 Å². The molecule has 3 nitrogen and oxygen atoms in total. The summed E-state index contributed by atoms with van der Waals surface area (Å²) in [5.74, 6) is 0.444. The molecule has 0 aromatic rings. The first kappa shape index (κ1) is 12.2. The number of nitrogens with zero attached hydrogens (tertiary/aromatic N) is 1. The molecule has 0 fully saturated rings. The maximum Gasteiger partial charge on any atom is 0.146 e. The van der Waals surface area contributed by atoms with Crippen LogP contribution in [0, 0.1) is 11.3 Å². The number of allylic oxidation sites excluding steroid dienone is 2. The Hall–Kier alpha value is -0.860. The first-order valence-corrected chi connectivity index (χ1v) is 7.73. The molecule has 0 spiro atoms. The van der Waals surface area contributed by atoms with Gasteiger partial charge in [-0.3, -0.25) is 4.21 Å². The summed E-state index contributed by atoms with van der Waals surface area (Å²) >= 11 is 1.41. The molecule has 1 rings (SSSR count). The molecule has 1 heterocycles. The predicted molar refractivity (Wildman–Crippen MR) is 66.0 cm³/mol. The predicted octanol–water partition coefficient (Wildman–Crippen LogP) is 1.73. The van der Waals surface area contributed by atoms with Crippen LogP contribution in [0.1, 0.15) is 6.92 Å². The lowest BCUT2D eigenvalue weighted by Crippen LogP contribution is -2.11. The van der Waals surface area contributed by atoms with Crippen LogP contribution in [-0.4, -0.2) is 28.7 Å². The highest BCUT2D eigenvalue weighted by Gasteiger charge is 2.18. The molecule has 5 heteroatoms. The quantitative estimate of drug-likeness (QED) is 0.708. The molecule has 0 saturated heterocycles. The summed E-state index contributed by atoms with van der Waals surface area (Å²) < 4.78 is 17.3. The van der Waals surface area contributed by atoms with Crippen molar-refractivity contribution in [3.63, 3.8) is 0 Å². The zero-order valence-electron chi connectivity index (χ0n) is 8.94. The number of hydrogen-bond donors (Lipinski definition) is 0. The monoisotopic (exact) mass is 243 g/mol. The summed E-state index contributed by atoms with van der Waals surface area (Å²) in [4.78, 5) is 0.732. The van der Waals surface area contributed by atoms with Crippen LogP contribution in [0.25, 0.3) is 0 Å². The van der Waals surface area contributed by atoms with Crippen LogP contribution in [0.4, 0.5) is 0 Å². The van der Waals surface area contributed by atoms with Gasteiger partial charge in [0.2, 0.25) is 0 Å². The van der Waals surface area contributed by atoms with E-state index in [-0.39, 0.29) is 0 Å². The van der Waals surface area contributed by atoms with Gasteiger partial charge in [-0.15, -0.1) is 11.8 Å². The van der Waals surface area contributed by atoms with Crippen LogP contribution >= 0.6 is 11.8 Å². The van der Waals surface area contributed by atoms with Crippen LogP contribution in [0.15, 0.2) is 21.6 Å². The maximum atomic E-state index is 12.0. The van der Waals surface area contributed by atoms with Gasteiger partial charge in [0.05, 0.1) is 6.61 Å². The fourth-order valence-electron chi connectivity index (χ4n) is 1.22. The minimum Gasteiger partial charge on any atom is -0.492 e. The van der Waals surface area contributed by atoms with Gasteiger partial charge in [-0.25, -0.2) is 0 Å². The van der Waals surface area contributed by atoms with Crippen molar-refractivity contribution in [3.05, 3.63) is 21.6 Å². The summed E-state index contributed by atoms with van der Waals surface area (Å²) in [5.41, 5.74) is 0.477. The van der Waals surface area contributed by atoms with Gasteiger partial charge in [0, 0.05) is 21.9 Å². The Kier molecular flexibility index (Phi) is 3.89. The van der Waals surface area contributed by atoms with Crippen LogP contribution in [0.5, 0.6) is 0 Å². The van der Waals surface area contributed by atoms with Crippen molar-refractivity contribution in [2.24, 2.45) is 0 Å². The van der Waals surface area contributed by atoms with E-state index in [2.05, 4.69) is 6.07 Å². The first-order chi connectivity index (χ1) is 7.04. The van der Waals surface area contributed by atoms with E-state index in [9.17, 15) is 4.21 Å². The maximum absolute atomic E-state index is 12.0. The van der Waals surface area contributed by atoms with Crippen LogP contribution in [-0.2, 0) is 14.3 Å². The second-order valence-electron chi connectivity index (χ2n) is 3.05. The van der Waals surface area contributed by atoms with Gasteiger partial charge in [0.1, 0.15) is 17.4 Å². The molecular formula is C10H13NO2S2. The molecule has 0 amide bonds. The van der Waals surface area contributed by atoms with Crippen molar-refractivity contribution in [3.8, 4) is 6.07 Å². The highest BCUT2D eigenvalue weighted by Crippen LogP contribution is 2.28. The van der Waals surface area contributed by atoms with Crippen LogP contribution in [0.2, 0.25) is 0 Å². The third-order valence-electron chi connectivity index (χ3n) is 1.81. The zero-order valence-corrected chi connectivity index (χ0v) is 10.6. The Bertz CT molecular complexity index is 474. The molecule has 0 radical (unpaired) electrons. The molecule has 82 valence electrons. The summed E-state index contributed by atoms with van der Waals surface area (Å²) in [6.45, 7) is 2.30. The standard InChI is InChI=1S/C10H13NO2S2/c1-4-13-9-6-15(3,12)7-10(14-2)8(9)5-11/h6-7H,4H2,1-3H3. The lowest BCUT2D eigenvalue weighted by Gasteiger charge is -2.15. The molecule has 15 heavy (non-hydrogen) atoms. The second kappa shape index (κ2) is 4.77. The van der Waals surface area contributed by atoms with Gasteiger partial charge < -0.3 is 4.74 Å². The minimum absolute atomic E-state index is 0.444. The smallest absolute Gasteiger partial charge is 0.146 e. The van der Waals surface area contributed by atoms with Crippen molar-refractivity contribution in [1.82, 2.24) is 0 Å². The highest BCUT2D eigenvalue weighted by atomic mass is 32.2. The van der Waals surface area contributed by atoms with E-state index in [1.165, 1.54) is 17.1 Å². The Morgan fingerprint density at radius 3 is 2.80 bits per heavy atom. The third-order valence-corrected chi connectivity index (χ3v) is 4.10. The van der Waals surface area contributed by atoms with Crippen molar-refractivity contribution < 1.29 is 8.95 Å². The molecule has 1 aliphatic heterocycles. The summed E-state index contributed by atoms with van der Waals surface area (Å²) in [5, 5.41) is 12.2. The second-order valence-corrected chi connectivity index (χ2v) is 6.31. The first-order valence-electron chi connectivity index (χ1n) is 4.41. The summed E-state index contributed by atoms with van der Waals surface area (Å²) in [6, 6.07) is 2.09. The van der Waals surface area contributed by atoms with E-state index in [1.807, 2.05) is 13.2 Å². The Morgan fingerprint density at radius 2 is 2.33 bits per heavy atom. The van der Waals surface area contributed by atoms with Gasteiger partial charge in [-0.2, -0.15) is 5.26 Å². The molecule has 0 bridgehead atoms. The molecule has 0 N–H and O–H groups in total. The number of nitriles is 1. The SMILES string of the molecule is CCOC1=C(C#N)C(SC)=CS(C)(=O)=C1. The van der Waals surface area contributed by atoms with Crippen molar-refractivity contribution in [2.75, 3.05) is 19.1 Å². The van der Waals surface area contributed by atoms with Gasteiger partial charge >= 0.3 is 0 Å². The van der Waals surface area contributed by atoms with E-state index in [0.29, 0.717) is 17.9 Å². The fourth-order valence-corrected chi connectivity index (χ4v) is 3.75. The normalized spacial score (nSPS) is 25.3. The summed E-state index contributed by atoms with van der Waals surface area (Å²) in [6.07, 6.45) is 3.49. The van der Waals surface area contributed by atoms with Gasteiger partial charge in [-0.1, -0.05) is 0 Å². The average Bonchev–Trinajstić information content (AvgIpc) is 2.16. The minimum atomic E-state index is -2.15. The lowest BCUT2D eigenvalue weighted by atomic mass is 10.2. The molecule has 0 aliphatic carbocycles. The van der Waals surface area contributed by atoms with Gasteiger partial charge in [-0.05, 0) is 22.7 Å². The van der Waals surface area contributed by atoms with Crippen LogP contribution in [0.3, 0.4) is 0 Å². The Balaban J connectivity index is 3.36. The van der Waals surface area contributed by atoms with Gasteiger partial charge in [0.25, 0.3) is 0 Å². The van der Waals surface area contributed by atoms with E-state index < -0.39 is 9.52 Å². The number of hydrogen-bond acceptors (Lipinski definition) is 4. The highest BCUT2D eigenvalue weighted by molar-refractivity contribution is 8.06.